The summed E-state index contributed by atoms with van der Waals surface area (Å²) in [6.45, 7) is 6.08. The van der Waals surface area contributed by atoms with Crippen molar-refractivity contribution in [2.75, 3.05) is 12.9 Å². The predicted molar refractivity (Wildman–Crippen MR) is 128 cm³/mol. The first-order chi connectivity index (χ1) is 16.6. The second-order valence-corrected chi connectivity index (χ2v) is 13.4. The fourth-order valence-electron chi connectivity index (χ4n) is 8.28. The van der Waals surface area contributed by atoms with Crippen molar-refractivity contribution in [2.45, 2.75) is 90.0 Å². The first-order valence-corrected chi connectivity index (χ1v) is 14.6. The van der Waals surface area contributed by atoms with Crippen molar-refractivity contribution in [1.29, 1.82) is 0 Å². The van der Waals surface area contributed by atoms with E-state index in [0.29, 0.717) is 25.7 Å². The van der Waals surface area contributed by atoms with Crippen LogP contribution in [0.15, 0.2) is 11.6 Å². The number of aliphatic hydroxyl groups is 1. The molecule has 8 atom stereocenters. The Kier molecular flexibility index (Phi) is 6.62. The highest BCUT2D eigenvalue weighted by molar-refractivity contribution is 7.86. The van der Waals surface area contributed by atoms with E-state index in [0.717, 1.165) is 11.8 Å². The van der Waals surface area contributed by atoms with E-state index in [9.17, 15) is 27.9 Å². The first kappa shape index (κ1) is 27.4. The summed E-state index contributed by atoms with van der Waals surface area (Å²) in [5.74, 6) is -2.95. The molecule has 0 spiro atoms. The molecule has 0 radical (unpaired) electrons. The Labute approximate surface area is 212 Å². The van der Waals surface area contributed by atoms with Crippen LogP contribution in [0.4, 0.5) is 4.39 Å². The molecule has 0 aromatic rings. The van der Waals surface area contributed by atoms with Gasteiger partial charge in [0.25, 0.3) is 10.1 Å². The van der Waals surface area contributed by atoms with Crippen LogP contribution in [0, 0.1) is 28.6 Å². The van der Waals surface area contributed by atoms with Crippen molar-refractivity contribution < 1.29 is 41.2 Å². The summed E-state index contributed by atoms with van der Waals surface area (Å²) in [7, 11) is -3.95. The van der Waals surface area contributed by atoms with E-state index in [1.165, 1.54) is 6.08 Å². The lowest BCUT2D eigenvalue weighted by Gasteiger charge is -2.63. The van der Waals surface area contributed by atoms with Gasteiger partial charge in [-0.1, -0.05) is 33.3 Å². The number of rotatable bonds is 6. The van der Waals surface area contributed by atoms with E-state index in [2.05, 4.69) is 0 Å². The number of carbonyl (C=O) groups is 3. The average Bonchev–Trinajstić information content (AvgIpc) is 3.00. The Morgan fingerprint density at radius 3 is 2.50 bits per heavy atom. The lowest BCUT2D eigenvalue weighted by Crippen LogP contribution is -2.70. The fraction of sp³-hybridized carbons (Fsp3) is 0.808. The van der Waals surface area contributed by atoms with Crippen molar-refractivity contribution >= 4 is 27.7 Å². The van der Waals surface area contributed by atoms with Gasteiger partial charge in [0.15, 0.2) is 11.4 Å². The van der Waals surface area contributed by atoms with Crippen LogP contribution in [0.25, 0.3) is 0 Å². The molecule has 0 saturated heterocycles. The Hall–Kier alpha value is -1.65. The normalized spacial score (nSPS) is 44.2. The maximum atomic E-state index is 17.4. The van der Waals surface area contributed by atoms with E-state index in [-0.39, 0.29) is 25.0 Å². The number of hydrogen-bond acceptors (Lipinski definition) is 8. The smallest absolute Gasteiger partial charge is 0.306 e. The molecule has 0 aliphatic heterocycles. The second-order valence-electron chi connectivity index (χ2n) is 11.7. The van der Waals surface area contributed by atoms with E-state index >= 15 is 4.39 Å². The average molecular weight is 529 g/mol. The third-order valence-corrected chi connectivity index (χ3v) is 10.5. The predicted octanol–water partition coefficient (Wildman–Crippen LogP) is 3.06. The Morgan fingerprint density at radius 1 is 1.22 bits per heavy atom. The lowest BCUT2D eigenvalue weighted by atomic mass is 9.43. The van der Waals surface area contributed by atoms with Crippen LogP contribution >= 0.6 is 0 Å². The lowest BCUT2D eigenvalue weighted by molar-refractivity contribution is -0.235. The zero-order chi connectivity index (χ0) is 26.9. The van der Waals surface area contributed by atoms with Crippen molar-refractivity contribution in [3.05, 3.63) is 11.6 Å². The number of carbonyl (C=O) groups excluding carboxylic acids is 3. The van der Waals surface area contributed by atoms with E-state index in [4.69, 9.17) is 8.92 Å². The molecule has 0 bridgehead atoms. The minimum Gasteiger partial charge on any atom is -0.450 e. The molecule has 4 aliphatic carbocycles. The fourth-order valence-corrected chi connectivity index (χ4v) is 8.60. The van der Waals surface area contributed by atoms with Crippen molar-refractivity contribution in [1.82, 2.24) is 0 Å². The van der Waals surface area contributed by atoms with Gasteiger partial charge < -0.3 is 9.84 Å². The topological polar surface area (TPSA) is 124 Å². The van der Waals surface area contributed by atoms with Crippen molar-refractivity contribution in [3.8, 4) is 0 Å². The summed E-state index contributed by atoms with van der Waals surface area (Å²) in [6, 6.07) is 0. The van der Waals surface area contributed by atoms with E-state index in [1.54, 1.807) is 27.7 Å². The second kappa shape index (κ2) is 8.70. The van der Waals surface area contributed by atoms with Crippen LogP contribution in [0.1, 0.15) is 72.6 Å². The molecule has 0 heterocycles. The molecule has 3 fully saturated rings. The van der Waals surface area contributed by atoms with Crippen LogP contribution < -0.4 is 0 Å². The summed E-state index contributed by atoms with van der Waals surface area (Å²) in [4.78, 5) is 38.5. The number of Topliss-reactive ketones (excluding diaryl/α,β-unsaturated/α-hetero) is 1. The monoisotopic (exact) mass is 528 g/mol. The van der Waals surface area contributed by atoms with Crippen molar-refractivity contribution in [3.63, 3.8) is 0 Å². The molecule has 0 amide bonds. The van der Waals surface area contributed by atoms with Crippen LogP contribution in [-0.2, 0) is 33.4 Å². The van der Waals surface area contributed by atoms with Crippen LogP contribution in [0.5, 0.6) is 0 Å². The van der Waals surface area contributed by atoms with Gasteiger partial charge in [-0.05, 0) is 44.1 Å². The van der Waals surface area contributed by atoms with Crippen molar-refractivity contribution in [2.24, 2.45) is 28.6 Å². The van der Waals surface area contributed by atoms with Gasteiger partial charge in [-0.3, -0.25) is 18.6 Å². The SMILES string of the molecule is CCC(=O)O[C@]1(C(=O)COS(C)(=O)=O)[C@@H](C)C[C@H]2[C@@H]3CCC4=CC(=O)CC[C@]4(C)[C@@]3(F)[C@@H](O)C[C@@]21C. The van der Waals surface area contributed by atoms with Crippen LogP contribution in [0.2, 0.25) is 0 Å². The summed E-state index contributed by atoms with van der Waals surface area (Å²) in [6.07, 6.45) is 2.54. The molecule has 202 valence electrons. The van der Waals surface area contributed by atoms with E-state index < -0.39 is 74.4 Å². The number of hydrogen-bond donors (Lipinski definition) is 1. The summed E-state index contributed by atoms with van der Waals surface area (Å²) >= 11 is 0. The molecule has 8 nitrogen and oxygen atoms in total. The zero-order valence-electron chi connectivity index (χ0n) is 21.6. The molecule has 4 rings (SSSR count). The van der Waals surface area contributed by atoms with Crippen LogP contribution in [0.3, 0.4) is 0 Å². The molecule has 0 aromatic heterocycles. The Balaban J connectivity index is 1.82. The largest absolute Gasteiger partial charge is 0.450 e. The minimum absolute atomic E-state index is 0.00524. The summed E-state index contributed by atoms with van der Waals surface area (Å²) in [5.41, 5.74) is -5.21. The number of fused-ring (bicyclic) bond motifs is 5. The molecule has 4 aliphatic rings. The Bertz CT molecular complexity index is 1120. The third kappa shape index (κ3) is 3.65. The van der Waals surface area contributed by atoms with E-state index in [1.807, 2.05) is 0 Å². The van der Waals surface area contributed by atoms with Gasteiger partial charge >= 0.3 is 5.97 Å². The molecule has 1 N–H and O–H groups in total. The highest BCUT2D eigenvalue weighted by atomic mass is 32.2. The molecule has 0 unspecified atom stereocenters. The molecule has 36 heavy (non-hydrogen) atoms. The maximum absolute atomic E-state index is 17.4. The highest BCUT2D eigenvalue weighted by Crippen LogP contribution is 2.72. The standard InChI is InChI=1S/C26H37FO8S/c1-6-22(31)35-26(21(30)14-34-36(5,32)33)15(2)11-19-18-8-7-16-12-17(28)9-10-23(16,3)25(18,27)20(29)13-24(19,26)4/h12,15,18-20,29H,6-11,13-14H2,1-5H3/t15-,18-,19-,20-,23-,24-,25-,26-/m0/s1. The maximum Gasteiger partial charge on any atom is 0.306 e. The molecular formula is C26H37FO8S. The third-order valence-electron chi connectivity index (χ3n) is 9.96. The molecular weight excluding hydrogens is 491 g/mol. The van der Waals surface area contributed by atoms with Gasteiger partial charge in [-0.15, -0.1) is 0 Å². The quantitative estimate of drug-likeness (QED) is 0.412. The number of alkyl halides is 1. The molecule has 3 saturated carbocycles. The summed E-state index contributed by atoms with van der Waals surface area (Å²) < 4.78 is 51.4. The number of allylic oxidation sites excluding steroid dienone is 1. The summed E-state index contributed by atoms with van der Waals surface area (Å²) in [5, 5.41) is 11.5. The zero-order valence-corrected chi connectivity index (χ0v) is 22.5. The minimum atomic E-state index is -3.95. The number of aliphatic hydroxyl groups excluding tert-OH is 1. The van der Waals surface area contributed by atoms with Gasteiger partial charge in [0.05, 0.1) is 12.4 Å². The van der Waals surface area contributed by atoms with Gasteiger partial charge in [-0.2, -0.15) is 8.42 Å². The molecule has 10 heteroatoms. The number of ether oxygens (including phenoxy) is 1. The number of esters is 1. The van der Waals surface area contributed by atoms with Gasteiger partial charge in [-0.25, -0.2) is 4.39 Å². The number of halogens is 1. The number of ketones is 2. The highest BCUT2D eigenvalue weighted by Gasteiger charge is 2.77. The van der Waals surface area contributed by atoms with Gasteiger partial charge in [0.1, 0.15) is 12.3 Å². The van der Waals surface area contributed by atoms with Crippen LogP contribution in [-0.4, -0.2) is 61.3 Å². The van der Waals surface area contributed by atoms with Gasteiger partial charge in [0, 0.05) is 35.5 Å². The Morgan fingerprint density at radius 2 is 1.89 bits per heavy atom. The first-order valence-electron chi connectivity index (χ1n) is 12.8. The van der Waals surface area contributed by atoms with Gasteiger partial charge in [0.2, 0.25) is 5.78 Å². The molecule has 0 aromatic carbocycles.